The van der Waals surface area contributed by atoms with Gasteiger partial charge in [0.15, 0.2) is 5.76 Å². The minimum Gasteiger partial charge on any atom is -0.496 e. The molecule has 5 heteroatoms. The second kappa shape index (κ2) is 7.37. The maximum absolute atomic E-state index is 12.6. The Labute approximate surface area is 172 Å². The molecule has 1 heterocycles. The Balaban J connectivity index is 1.42. The van der Waals surface area contributed by atoms with E-state index in [-0.39, 0.29) is 5.76 Å². The van der Waals surface area contributed by atoms with Gasteiger partial charge in [-0.25, -0.2) is 5.43 Å². The first-order valence-electron chi connectivity index (χ1n) is 9.55. The van der Waals surface area contributed by atoms with Crippen molar-refractivity contribution in [2.24, 2.45) is 5.10 Å². The van der Waals surface area contributed by atoms with E-state index >= 15 is 0 Å². The number of hydrogen-bond donors (Lipinski definition) is 1. The molecule has 0 aliphatic rings. The lowest BCUT2D eigenvalue weighted by Crippen LogP contribution is -2.16. The highest BCUT2D eigenvalue weighted by molar-refractivity contribution is 6.09. The third-order valence-corrected chi connectivity index (χ3v) is 5.16. The summed E-state index contributed by atoms with van der Waals surface area (Å²) in [5, 5.41) is 9.16. The van der Waals surface area contributed by atoms with Crippen molar-refractivity contribution in [2.45, 2.75) is 0 Å². The zero-order valence-corrected chi connectivity index (χ0v) is 16.3. The van der Waals surface area contributed by atoms with Gasteiger partial charge < -0.3 is 9.15 Å². The van der Waals surface area contributed by atoms with Crippen LogP contribution in [0, 0.1) is 0 Å². The number of amides is 1. The molecular formula is C25H18N2O3. The van der Waals surface area contributed by atoms with E-state index in [9.17, 15) is 4.79 Å². The van der Waals surface area contributed by atoms with Gasteiger partial charge in [-0.2, -0.15) is 5.10 Å². The van der Waals surface area contributed by atoms with Crippen molar-refractivity contribution < 1.29 is 13.9 Å². The van der Waals surface area contributed by atoms with Gasteiger partial charge in [0.25, 0.3) is 0 Å². The van der Waals surface area contributed by atoms with Gasteiger partial charge in [0.2, 0.25) is 0 Å². The molecule has 0 atom stereocenters. The first kappa shape index (κ1) is 17.9. The lowest BCUT2D eigenvalue weighted by molar-refractivity contribution is 0.0929. The van der Waals surface area contributed by atoms with Crippen LogP contribution in [0.15, 0.2) is 88.4 Å². The quantitative estimate of drug-likeness (QED) is 0.323. The Hall–Kier alpha value is -4.12. The van der Waals surface area contributed by atoms with Crippen LogP contribution in [-0.4, -0.2) is 19.2 Å². The zero-order valence-electron chi connectivity index (χ0n) is 16.3. The average molecular weight is 394 g/mol. The van der Waals surface area contributed by atoms with Crippen LogP contribution in [0.4, 0.5) is 0 Å². The van der Waals surface area contributed by atoms with Crippen LogP contribution in [0.1, 0.15) is 16.1 Å². The number of hydrazone groups is 1. The molecule has 1 aromatic heterocycles. The lowest BCUT2D eigenvalue weighted by Gasteiger charge is -2.07. The number of ether oxygens (including phenoxy) is 1. The number of methoxy groups -OCH3 is 1. The summed E-state index contributed by atoms with van der Waals surface area (Å²) in [5.74, 6) is 0.615. The van der Waals surface area contributed by atoms with Crippen molar-refractivity contribution >= 4 is 44.6 Å². The van der Waals surface area contributed by atoms with Crippen molar-refractivity contribution in [3.05, 3.63) is 90.2 Å². The summed E-state index contributed by atoms with van der Waals surface area (Å²) in [6.07, 6.45) is 1.62. The number of nitrogens with zero attached hydrogens (tertiary/aromatic N) is 1. The maximum Gasteiger partial charge on any atom is 0.307 e. The molecule has 0 spiro atoms. The second-order valence-corrected chi connectivity index (χ2v) is 6.91. The number of carbonyl (C=O) groups excluding carboxylic acids is 1. The van der Waals surface area contributed by atoms with Gasteiger partial charge in [-0.05, 0) is 40.4 Å². The minimum atomic E-state index is -0.399. The van der Waals surface area contributed by atoms with E-state index in [1.807, 2.05) is 72.8 Å². The fraction of sp³-hybridized carbons (Fsp3) is 0.0400. The standard InChI is InChI=1S/C25H18N2O3/c1-29-22-12-11-17(19-8-4-5-9-20(19)22)15-26-27-25(28)24-14-21-18-7-3-2-6-16(18)10-13-23(21)30-24/h2-15H,1H3,(H,27,28)/b26-15+. The molecule has 1 N–H and O–H groups in total. The number of fused-ring (bicyclic) bond motifs is 4. The van der Waals surface area contributed by atoms with E-state index in [0.717, 1.165) is 38.2 Å². The van der Waals surface area contributed by atoms with Crippen LogP contribution in [-0.2, 0) is 0 Å². The molecule has 0 bridgehead atoms. The van der Waals surface area contributed by atoms with Gasteiger partial charge in [-0.15, -0.1) is 0 Å². The fourth-order valence-corrected chi connectivity index (χ4v) is 3.71. The third kappa shape index (κ3) is 3.06. The SMILES string of the molecule is COc1ccc(/C=N/NC(=O)c2cc3c(ccc4ccccc43)o2)c2ccccc12. The molecular weight excluding hydrogens is 376 g/mol. The van der Waals surface area contributed by atoms with E-state index in [2.05, 4.69) is 10.5 Å². The largest absolute Gasteiger partial charge is 0.496 e. The summed E-state index contributed by atoms with van der Waals surface area (Å²) in [6.45, 7) is 0. The van der Waals surface area contributed by atoms with Crippen molar-refractivity contribution in [1.82, 2.24) is 5.43 Å². The number of rotatable bonds is 4. The van der Waals surface area contributed by atoms with Gasteiger partial charge in [0.05, 0.1) is 13.3 Å². The Bertz CT molecular complexity index is 1430. The molecule has 0 radical (unpaired) electrons. The molecule has 4 aromatic carbocycles. The Morgan fingerprint density at radius 3 is 2.50 bits per heavy atom. The van der Waals surface area contributed by atoms with E-state index in [4.69, 9.17) is 9.15 Å². The van der Waals surface area contributed by atoms with Gasteiger partial charge in [-0.1, -0.05) is 54.6 Å². The normalized spacial score (nSPS) is 11.5. The highest BCUT2D eigenvalue weighted by Crippen LogP contribution is 2.29. The number of furan rings is 1. The van der Waals surface area contributed by atoms with Crippen LogP contribution in [0.5, 0.6) is 5.75 Å². The van der Waals surface area contributed by atoms with Crippen molar-refractivity contribution in [3.8, 4) is 5.75 Å². The van der Waals surface area contributed by atoms with Crippen LogP contribution < -0.4 is 10.2 Å². The Morgan fingerprint density at radius 1 is 0.900 bits per heavy atom. The molecule has 0 aliphatic carbocycles. The van der Waals surface area contributed by atoms with Crippen LogP contribution in [0.2, 0.25) is 0 Å². The summed E-state index contributed by atoms with van der Waals surface area (Å²) in [7, 11) is 1.65. The number of hydrogen-bond acceptors (Lipinski definition) is 4. The van der Waals surface area contributed by atoms with Gasteiger partial charge >= 0.3 is 5.91 Å². The average Bonchev–Trinajstić information content (AvgIpc) is 3.24. The van der Waals surface area contributed by atoms with Crippen LogP contribution in [0.25, 0.3) is 32.5 Å². The van der Waals surface area contributed by atoms with E-state index in [0.29, 0.717) is 5.58 Å². The molecule has 1 amide bonds. The molecule has 5 aromatic rings. The number of carbonyl (C=O) groups is 1. The van der Waals surface area contributed by atoms with Crippen molar-refractivity contribution in [3.63, 3.8) is 0 Å². The van der Waals surface area contributed by atoms with E-state index < -0.39 is 5.91 Å². The molecule has 0 saturated heterocycles. The van der Waals surface area contributed by atoms with Crippen LogP contribution in [0.3, 0.4) is 0 Å². The highest BCUT2D eigenvalue weighted by atomic mass is 16.5. The molecule has 5 rings (SSSR count). The topological polar surface area (TPSA) is 63.8 Å². The molecule has 0 aliphatic heterocycles. The summed E-state index contributed by atoms with van der Waals surface area (Å²) < 4.78 is 11.2. The maximum atomic E-state index is 12.6. The van der Waals surface area contributed by atoms with Gasteiger partial charge in [-0.3, -0.25) is 4.79 Å². The van der Waals surface area contributed by atoms with Gasteiger partial charge in [0.1, 0.15) is 11.3 Å². The highest BCUT2D eigenvalue weighted by Gasteiger charge is 2.13. The van der Waals surface area contributed by atoms with Gasteiger partial charge in [0, 0.05) is 16.3 Å². The first-order chi connectivity index (χ1) is 14.7. The summed E-state index contributed by atoms with van der Waals surface area (Å²) in [5.41, 5.74) is 4.10. The van der Waals surface area contributed by atoms with E-state index in [1.54, 1.807) is 19.4 Å². The Morgan fingerprint density at radius 2 is 1.67 bits per heavy atom. The predicted octanol–water partition coefficient (Wildman–Crippen LogP) is 5.51. The zero-order chi connectivity index (χ0) is 20.5. The molecule has 30 heavy (non-hydrogen) atoms. The molecule has 0 saturated carbocycles. The summed E-state index contributed by atoms with van der Waals surface area (Å²) in [4.78, 5) is 12.6. The number of nitrogens with one attached hydrogen (secondary N) is 1. The van der Waals surface area contributed by atoms with E-state index in [1.165, 1.54) is 0 Å². The van der Waals surface area contributed by atoms with Crippen LogP contribution >= 0.6 is 0 Å². The van der Waals surface area contributed by atoms with Crippen molar-refractivity contribution in [2.75, 3.05) is 7.11 Å². The minimum absolute atomic E-state index is 0.220. The number of benzene rings is 4. The Kier molecular flexibility index (Phi) is 4.41. The summed E-state index contributed by atoms with van der Waals surface area (Å²) in [6, 6.07) is 25.3. The van der Waals surface area contributed by atoms with Crippen molar-refractivity contribution in [1.29, 1.82) is 0 Å². The molecule has 0 fully saturated rings. The summed E-state index contributed by atoms with van der Waals surface area (Å²) >= 11 is 0. The molecule has 0 unspecified atom stereocenters. The lowest BCUT2D eigenvalue weighted by atomic mass is 10.0. The smallest absolute Gasteiger partial charge is 0.307 e. The predicted molar refractivity (Wildman–Crippen MR) is 119 cm³/mol. The third-order valence-electron chi connectivity index (χ3n) is 5.16. The second-order valence-electron chi connectivity index (χ2n) is 6.91. The first-order valence-corrected chi connectivity index (χ1v) is 9.55. The molecule has 5 nitrogen and oxygen atoms in total. The monoisotopic (exact) mass is 394 g/mol. The molecule has 146 valence electrons. The fourth-order valence-electron chi connectivity index (χ4n) is 3.71.